The molecular weight excluding hydrogens is 453 g/mol. The fourth-order valence-corrected chi connectivity index (χ4v) is 5.64. The van der Waals surface area contributed by atoms with Crippen LogP contribution in [0, 0.1) is 5.82 Å². The van der Waals surface area contributed by atoms with Gasteiger partial charge in [0.15, 0.2) is 17.7 Å². The molecule has 182 valence electrons. The minimum Gasteiger partial charge on any atom is -0.494 e. The molecule has 6 rings (SSSR count). The van der Waals surface area contributed by atoms with E-state index < -0.39 is 17.9 Å². The van der Waals surface area contributed by atoms with Gasteiger partial charge in [-0.3, -0.25) is 5.10 Å². The summed E-state index contributed by atoms with van der Waals surface area (Å²) in [5.41, 5.74) is 4.85. The van der Waals surface area contributed by atoms with Gasteiger partial charge in [0.1, 0.15) is 0 Å². The summed E-state index contributed by atoms with van der Waals surface area (Å²) in [6.07, 6.45) is 3.04. The average molecular weight is 480 g/mol. The maximum absolute atomic E-state index is 14.4. The van der Waals surface area contributed by atoms with Crippen molar-refractivity contribution >= 4 is 27.8 Å². The molecule has 2 N–H and O–H groups in total. The first-order chi connectivity index (χ1) is 17.0. The molecule has 4 aromatic rings. The minimum absolute atomic E-state index is 0.0830. The maximum Gasteiger partial charge on any atom is 0.332 e. The van der Waals surface area contributed by atoms with Crippen molar-refractivity contribution in [2.45, 2.75) is 37.2 Å². The topological polar surface area (TPSA) is 98.6 Å². The lowest BCUT2D eigenvalue weighted by atomic mass is 9.86. The summed E-state index contributed by atoms with van der Waals surface area (Å²) in [7, 11) is 1.46. The highest BCUT2D eigenvalue weighted by molar-refractivity contribution is 5.99. The first kappa shape index (κ1) is 22.1. The molecule has 2 fully saturated rings. The SMILES string of the molecule is COc1cc(-n2c(C3CCOCC3)c([C@@H]3CO[C@@H](C(=O)O)C3)c3cc4[nH]ncc4cc32)ccc1F. The van der Waals surface area contributed by atoms with Gasteiger partial charge in [-0.05, 0) is 49.1 Å². The fourth-order valence-electron chi connectivity index (χ4n) is 5.64. The zero-order valence-corrected chi connectivity index (χ0v) is 19.3. The number of nitrogens with zero attached hydrogens (tertiary/aromatic N) is 2. The van der Waals surface area contributed by atoms with E-state index in [9.17, 15) is 14.3 Å². The smallest absolute Gasteiger partial charge is 0.332 e. The number of carboxylic acid groups (broad SMARTS) is 1. The number of benzene rings is 2. The molecule has 0 radical (unpaired) electrons. The number of methoxy groups -OCH3 is 1. The lowest BCUT2D eigenvalue weighted by Gasteiger charge is -2.27. The van der Waals surface area contributed by atoms with Crippen molar-refractivity contribution < 1.29 is 28.5 Å². The van der Waals surface area contributed by atoms with Crippen LogP contribution < -0.4 is 4.74 Å². The molecule has 0 spiro atoms. The van der Waals surface area contributed by atoms with Crippen molar-refractivity contribution in [1.82, 2.24) is 14.8 Å². The number of fused-ring (bicyclic) bond motifs is 2. The number of carboxylic acids is 1. The summed E-state index contributed by atoms with van der Waals surface area (Å²) in [4.78, 5) is 11.7. The van der Waals surface area contributed by atoms with Gasteiger partial charge in [0, 0.05) is 53.3 Å². The van der Waals surface area contributed by atoms with Crippen LogP contribution in [0.2, 0.25) is 0 Å². The van der Waals surface area contributed by atoms with Crippen molar-refractivity contribution in [2.24, 2.45) is 0 Å². The van der Waals surface area contributed by atoms with Crippen LogP contribution in [0.25, 0.3) is 27.5 Å². The number of aromatic amines is 1. The Kier molecular flexibility index (Phi) is 5.46. The molecule has 9 heteroatoms. The van der Waals surface area contributed by atoms with E-state index in [-0.39, 0.29) is 17.6 Å². The second-order valence-electron chi connectivity index (χ2n) is 9.26. The van der Waals surface area contributed by atoms with Crippen LogP contribution in [0.3, 0.4) is 0 Å². The van der Waals surface area contributed by atoms with E-state index >= 15 is 0 Å². The monoisotopic (exact) mass is 479 g/mol. The lowest BCUT2D eigenvalue weighted by Crippen LogP contribution is -2.20. The van der Waals surface area contributed by atoms with Crippen LogP contribution in [0.1, 0.15) is 42.4 Å². The highest BCUT2D eigenvalue weighted by Crippen LogP contribution is 2.45. The van der Waals surface area contributed by atoms with Crippen LogP contribution in [0.5, 0.6) is 5.75 Å². The Hall–Kier alpha value is -3.43. The lowest BCUT2D eigenvalue weighted by molar-refractivity contribution is -0.147. The summed E-state index contributed by atoms with van der Waals surface area (Å²) >= 11 is 0. The zero-order chi connectivity index (χ0) is 24.1. The second kappa shape index (κ2) is 8.66. The molecule has 0 bridgehead atoms. The van der Waals surface area contributed by atoms with E-state index in [0.717, 1.165) is 51.6 Å². The van der Waals surface area contributed by atoms with Gasteiger partial charge in [0.25, 0.3) is 0 Å². The van der Waals surface area contributed by atoms with Crippen molar-refractivity contribution in [1.29, 1.82) is 0 Å². The molecule has 35 heavy (non-hydrogen) atoms. The predicted molar refractivity (Wildman–Crippen MR) is 127 cm³/mol. The Morgan fingerprint density at radius 1 is 1.23 bits per heavy atom. The van der Waals surface area contributed by atoms with Crippen LogP contribution in [0.4, 0.5) is 4.39 Å². The Bertz CT molecular complexity index is 1420. The molecule has 8 nitrogen and oxygen atoms in total. The van der Waals surface area contributed by atoms with E-state index in [1.165, 1.54) is 13.2 Å². The van der Waals surface area contributed by atoms with E-state index in [2.05, 4.69) is 26.9 Å². The molecule has 2 aliphatic heterocycles. The van der Waals surface area contributed by atoms with Crippen LogP contribution in [-0.2, 0) is 14.3 Å². The number of hydrogen-bond acceptors (Lipinski definition) is 5. The third-order valence-electron chi connectivity index (χ3n) is 7.29. The Morgan fingerprint density at radius 2 is 2.06 bits per heavy atom. The summed E-state index contributed by atoms with van der Waals surface area (Å²) < 4.78 is 33.2. The molecule has 0 unspecified atom stereocenters. The summed E-state index contributed by atoms with van der Waals surface area (Å²) in [5.74, 6) is -1.08. The van der Waals surface area contributed by atoms with Gasteiger partial charge in [-0.25, -0.2) is 9.18 Å². The molecule has 2 atom stereocenters. The number of halogens is 1. The molecule has 4 heterocycles. The van der Waals surface area contributed by atoms with Crippen molar-refractivity contribution in [2.75, 3.05) is 26.9 Å². The number of rotatable bonds is 5. The number of carbonyl (C=O) groups is 1. The minimum atomic E-state index is -0.942. The summed E-state index contributed by atoms with van der Waals surface area (Å²) in [6.45, 7) is 1.64. The van der Waals surface area contributed by atoms with Gasteiger partial charge in [-0.2, -0.15) is 5.10 Å². The van der Waals surface area contributed by atoms with E-state index in [0.29, 0.717) is 26.2 Å². The molecule has 2 aromatic carbocycles. The molecule has 0 aliphatic carbocycles. The summed E-state index contributed by atoms with van der Waals surface area (Å²) in [5, 5.41) is 18.8. The quantitative estimate of drug-likeness (QED) is 0.437. The van der Waals surface area contributed by atoms with Crippen molar-refractivity contribution in [3.8, 4) is 11.4 Å². The van der Waals surface area contributed by atoms with E-state index in [1.54, 1.807) is 18.3 Å². The van der Waals surface area contributed by atoms with Crippen molar-refractivity contribution in [3.63, 3.8) is 0 Å². The Morgan fingerprint density at radius 3 is 2.80 bits per heavy atom. The molecule has 0 saturated carbocycles. The van der Waals surface area contributed by atoms with Gasteiger partial charge in [-0.1, -0.05) is 0 Å². The molecular formula is C26H26FN3O5. The number of hydrogen-bond donors (Lipinski definition) is 2. The normalized spacial score (nSPS) is 21.2. The van der Waals surface area contributed by atoms with Gasteiger partial charge in [0.05, 0.1) is 30.9 Å². The number of nitrogens with one attached hydrogen (secondary N) is 1. The van der Waals surface area contributed by atoms with E-state index in [4.69, 9.17) is 14.2 Å². The average Bonchev–Trinajstić information content (AvgIpc) is 3.60. The van der Waals surface area contributed by atoms with Gasteiger partial charge in [0.2, 0.25) is 0 Å². The number of ether oxygens (including phenoxy) is 3. The molecule has 2 aromatic heterocycles. The van der Waals surface area contributed by atoms with Crippen molar-refractivity contribution in [3.05, 3.63) is 53.6 Å². The Labute approximate surface area is 200 Å². The van der Waals surface area contributed by atoms with Crippen LogP contribution >= 0.6 is 0 Å². The Balaban J connectivity index is 1.66. The highest BCUT2D eigenvalue weighted by Gasteiger charge is 2.37. The van der Waals surface area contributed by atoms with Crippen LogP contribution in [-0.4, -0.2) is 58.9 Å². The largest absolute Gasteiger partial charge is 0.494 e. The van der Waals surface area contributed by atoms with E-state index in [1.807, 2.05) is 0 Å². The number of aliphatic carboxylic acids is 1. The van der Waals surface area contributed by atoms with Gasteiger partial charge in [-0.15, -0.1) is 0 Å². The first-order valence-electron chi connectivity index (χ1n) is 11.8. The third-order valence-corrected chi connectivity index (χ3v) is 7.29. The summed E-state index contributed by atoms with van der Waals surface area (Å²) in [6, 6.07) is 9.06. The predicted octanol–water partition coefficient (Wildman–Crippen LogP) is 4.51. The first-order valence-corrected chi connectivity index (χ1v) is 11.8. The van der Waals surface area contributed by atoms with Gasteiger partial charge >= 0.3 is 5.97 Å². The van der Waals surface area contributed by atoms with Gasteiger partial charge < -0.3 is 23.9 Å². The number of H-pyrrole nitrogens is 1. The standard InChI is InChI=1S/C26H26FN3O5/c1-33-22-10-17(2-3-19(22)27)30-21-8-15-12-28-29-20(15)11-18(21)24(16-9-23(26(31)32)35-13-16)25(30)14-4-6-34-7-5-14/h2-3,8,10-12,14,16,23H,4-7,9,13H2,1H3,(H,28,29)(H,31,32)/t16-,23+/m0/s1. The molecule has 2 aliphatic rings. The second-order valence-corrected chi connectivity index (χ2v) is 9.26. The maximum atomic E-state index is 14.4. The molecule has 2 saturated heterocycles. The number of aromatic nitrogens is 3. The third kappa shape index (κ3) is 3.66. The fraction of sp³-hybridized carbons (Fsp3) is 0.385. The highest BCUT2D eigenvalue weighted by atomic mass is 19.1. The molecule has 0 amide bonds. The zero-order valence-electron chi connectivity index (χ0n) is 19.3. The van der Waals surface area contributed by atoms with Crippen LogP contribution in [0.15, 0.2) is 36.5 Å².